The lowest BCUT2D eigenvalue weighted by Crippen LogP contribution is -2.34. The van der Waals surface area contributed by atoms with E-state index < -0.39 is 11.7 Å². The minimum Gasteiger partial charge on any atom is -0.382 e. The molecule has 0 saturated carbocycles. The third-order valence-electron chi connectivity index (χ3n) is 3.62. The third-order valence-corrected chi connectivity index (χ3v) is 4.31. The molecule has 0 amide bonds. The quantitative estimate of drug-likeness (QED) is 0.788. The number of alkyl halides is 3. The second-order valence-electron chi connectivity index (χ2n) is 5.34. The molecular formula is C15H19BrF3NO. The summed E-state index contributed by atoms with van der Waals surface area (Å²) in [5.41, 5.74) is -0.141. The molecule has 1 saturated heterocycles. The topological polar surface area (TPSA) is 21.3 Å². The van der Waals surface area contributed by atoms with E-state index in [9.17, 15) is 13.2 Å². The minimum atomic E-state index is -4.35. The summed E-state index contributed by atoms with van der Waals surface area (Å²) in [6, 6.07) is 4.43. The molecule has 6 heteroatoms. The van der Waals surface area contributed by atoms with Gasteiger partial charge in [0, 0.05) is 22.8 Å². The number of anilines is 1. The van der Waals surface area contributed by atoms with Crippen LogP contribution < -0.4 is 5.32 Å². The van der Waals surface area contributed by atoms with Gasteiger partial charge >= 0.3 is 6.18 Å². The molecule has 0 spiro atoms. The Morgan fingerprint density at radius 2 is 2.14 bits per heavy atom. The zero-order valence-corrected chi connectivity index (χ0v) is 13.4. The highest BCUT2D eigenvalue weighted by molar-refractivity contribution is 9.10. The first-order valence-corrected chi connectivity index (χ1v) is 7.94. The lowest BCUT2D eigenvalue weighted by atomic mass is 9.99. The van der Waals surface area contributed by atoms with E-state index >= 15 is 0 Å². The Hall–Kier alpha value is -0.750. The van der Waals surface area contributed by atoms with Crippen LogP contribution in [0.5, 0.6) is 0 Å². The van der Waals surface area contributed by atoms with Crippen LogP contribution in [0.2, 0.25) is 0 Å². The standard InChI is InChI=1S/C15H19BrF3NO/c1-2-3-12-8-11(6-7-21-12)20-10-4-5-14(16)13(9-10)15(17,18)19/h4-5,9,11-12,20H,2-3,6-8H2,1H3. The largest absolute Gasteiger partial charge is 0.417 e. The fraction of sp³-hybridized carbons (Fsp3) is 0.600. The highest BCUT2D eigenvalue weighted by Crippen LogP contribution is 2.36. The van der Waals surface area contributed by atoms with E-state index in [0.29, 0.717) is 12.3 Å². The average molecular weight is 366 g/mol. The molecular weight excluding hydrogens is 347 g/mol. The highest BCUT2D eigenvalue weighted by atomic mass is 79.9. The molecule has 2 atom stereocenters. The molecule has 2 rings (SSSR count). The Bertz CT molecular complexity index is 476. The molecule has 118 valence electrons. The summed E-state index contributed by atoms with van der Waals surface area (Å²) in [6.07, 6.45) is -0.446. The minimum absolute atomic E-state index is 0.0661. The zero-order chi connectivity index (χ0) is 15.5. The van der Waals surface area contributed by atoms with Gasteiger partial charge in [-0.15, -0.1) is 0 Å². The summed E-state index contributed by atoms with van der Waals surface area (Å²) in [7, 11) is 0. The average Bonchev–Trinajstić information content (AvgIpc) is 2.40. The van der Waals surface area contributed by atoms with Crippen molar-refractivity contribution in [3.05, 3.63) is 28.2 Å². The lowest BCUT2D eigenvalue weighted by Gasteiger charge is -2.31. The van der Waals surface area contributed by atoms with Gasteiger partial charge in [-0.05, 0) is 37.5 Å². The summed E-state index contributed by atoms with van der Waals surface area (Å²) >= 11 is 2.95. The van der Waals surface area contributed by atoms with Crippen LogP contribution in [0, 0.1) is 0 Å². The van der Waals surface area contributed by atoms with Crippen LogP contribution in [0.25, 0.3) is 0 Å². The van der Waals surface area contributed by atoms with E-state index in [-0.39, 0.29) is 16.6 Å². The Balaban J connectivity index is 2.06. The molecule has 1 aromatic carbocycles. The predicted molar refractivity (Wildman–Crippen MR) is 80.4 cm³/mol. The van der Waals surface area contributed by atoms with Gasteiger partial charge in [-0.3, -0.25) is 0 Å². The maximum absolute atomic E-state index is 12.9. The second kappa shape index (κ2) is 7.01. The smallest absolute Gasteiger partial charge is 0.382 e. The summed E-state index contributed by atoms with van der Waals surface area (Å²) in [4.78, 5) is 0. The summed E-state index contributed by atoms with van der Waals surface area (Å²) in [5.74, 6) is 0. The van der Waals surface area contributed by atoms with Crippen molar-refractivity contribution < 1.29 is 17.9 Å². The Labute approximate surface area is 131 Å². The number of rotatable bonds is 4. The van der Waals surface area contributed by atoms with Gasteiger partial charge in [0.15, 0.2) is 0 Å². The van der Waals surface area contributed by atoms with Crippen molar-refractivity contribution in [3.8, 4) is 0 Å². The maximum Gasteiger partial charge on any atom is 0.417 e. The molecule has 2 unspecified atom stereocenters. The van der Waals surface area contributed by atoms with Crippen molar-refractivity contribution in [1.29, 1.82) is 0 Å². The number of halogens is 4. The molecule has 1 aromatic rings. The van der Waals surface area contributed by atoms with Gasteiger partial charge < -0.3 is 10.1 Å². The number of hydrogen-bond donors (Lipinski definition) is 1. The molecule has 21 heavy (non-hydrogen) atoms. The van der Waals surface area contributed by atoms with Gasteiger partial charge in [0.05, 0.1) is 11.7 Å². The molecule has 1 fully saturated rings. The molecule has 0 aliphatic carbocycles. The normalized spacial score (nSPS) is 23.1. The second-order valence-corrected chi connectivity index (χ2v) is 6.19. The van der Waals surface area contributed by atoms with Crippen LogP contribution in [0.3, 0.4) is 0 Å². The van der Waals surface area contributed by atoms with E-state index in [2.05, 4.69) is 28.2 Å². The molecule has 1 N–H and O–H groups in total. The van der Waals surface area contributed by atoms with Crippen LogP contribution in [-0.2, 0) is 10.9 Å². The molecule has 1 aliphatic heterocycles. The molecule has 2 nitrogen and oxygen atoms in total. The van der Waals surface area contributed by atoms with Crippen molar-refractivity contribution in [2.45, 2.75) is 50.9 Å². The molecule has 0 aromatic heterocycles. The van der Waals surface area contributed by atoms with Gasteiger partial charge in [0.1, 0.15) is 0 Å². The van der Waals surface area contributed by atoms with E-state index in [0.717, 1.165) is 31.7 Å². The van der Waals surface area contributed by atoms with Crippen molar-refractivity contribution in [2.24, 2.45) is 0 Å². The summed E-state index contributed by atoms with van der Waals surface area (Å²) in [6.45, 7) is 2.76. The van der Waals surface area contributed by atoms with Gasteiger partial charge in [-0.25, -0.2) is 0 Å². The summed E-state index contributed by atoms with van der Waals surface area (Å²) in [5, 5.41) is 3.21. The lowest BCUT2D eigenvalue weighted by molar-refractivity contribution is -0.138. The van der Waals surface area contributed by atoms with E-state index in [1.165, 1.54) is 6.07 Å². The van der Waals surface area contributed by atoms with Gasteiger partial charge in [0.25, 0.3) is 0 Å². The molecule has 1 aliphatic rings. The first-order chi connectivity index (χ1) is 9.90. The molecule has 1 heterocycles. The van der Waals surface area contributed by atoms with Crippen LogP contribution in [0.1, 0.15) is 38.2 Å². The van der Waals surface area contributed by atoms with Crippen molar-refractivity contribution in [1.82, 2.24) is 0 Å². The van der Waals surface area contributed by atoms with E-state index in [4.69, 9.17) is 4.74 Å². The molecule has 0 radical (unpaired) electrons. The first kappa shape index (κ1) is 16.6. The van der Waals surface area contributed by atoms with Crippen LogP contribution >= 0.6 is 15.9 Å². The maximum atomic E-state index is 12.9. The van der Waals surface area contributed by atoms with Crippen molar-refractivity contribution in [2.75, 3.05) is 11.9 Å². The highest BCUT2D eigenvalue weighted by Gasteiger charge is 2.33. The number of benzene rings is 1. The first-order valence-electron chi connectivity index (χ1n) is 7.15. The fourth-order valence-corrected chi connectivity index (χ4v) is 3.07. The number of hydrogen-bond acceptors (Lipinski definition) is 2. The van der Waals surface area contributed by atoms with Gasteiger partial charge in [0.2, 0.25) is 0 Å². The van der Waals surface area contributed by atoms with Crippen LogP contribution in [0.4, 0.5) is 18.9 Å². The number of ether oxygens (including phenoxy) is 1. The van der Waals surface area contributed by atoms with E-state index in [1.807, 2.05) is 0 Å². The van der Waals surface area contributed by atoms with Crippen molar-refractivity contribution in [3.63, 3.8) is 0 Å². The molecule has 0 bridgehead atoms. The Kier molecular flexibility index (Phi) is 5.54. The van der Waals surface area contributed by atoms with Crippen LogP contribution in [0.15, 0.2) is 22.7 Å². The van der Waals surface area contributed by atoms with Crippen molar-refractivity contribution >= 4 is 21.6 Å². The predicted octanol–water partition coefficient (Wildman–Crippen LogP) is 5.23. The third kappa shape index (κ3) is 4.61. The fourth-order valence-electron chi connectivity index (χ4n) is 2.60. The summed E-state index contributed by atoms with van der Waals surface area (Å²) < 4.78 is 44.4. The Morgan fingerprint density at radius 3 is 2.81 bits per heavy atom. The zero-order valence-electron chi connectivity index (χ0n) is 11.8. The number of nitrogens with one attached hydrogen (secondary N) is 1. The monoisotopic (exact) mass is 365 g/mol. The Morgan fingerprint density at radius 1 is 1.38 bits per heavy atom. The SMILES string of the molecule is CCCC1CC(Nc2ccc(Br)c(C(F)(F)F)c2)CCO1. The van der Waals surface area contributed by atoms with Gasteiger partial charge in [-0.1, -0.05) is 29.3 Å². The van der Waals surface area contributed by atoms with Gasteiger partial charge in [-0.2, -0.15) is 13.2 Å². The van der Waals surface area contributed by atoms with Crippen LogP contribution in [-0.4, -0.2) is 18.8 Å². The van der Waals surface area contributed by atoms with E-state index in [1.54, 1.807) is 6.07 Å².